The Morgan fingerprint density at radius 3 is 1.62 bits per heavy atom. The Kier molecular flexibility index (Phi) is 5.66. The van der Waals surface area contributed by atoms with Crippen LogP contribution in [0.15, 0.2) is 84.9 Å². The van der Waals surface area contributed by atoms with Crippen molar-refractivity contribution in [2.24, 2.45) is 0 Å². The lowest BCUT2D eigenvalue weighted by Crippen LogP contribution is -2.01. The fraction of sp³-hybridized carbons (Fsp3) is 0.200. The van der Waals surface area contributed by atoms with Gasteiger partial charge in [-0.1, -0.05) is 88.4 Å². The predicted octanol–water partition coefficient (Wildman–Crippen LogP) is 7.71. The van der Waals surface area contributed by atoms with Crippen LogP contribution in [0.1, 0.15) is 50.7 Å². The fourth-order valence-corrected chi connectivity index (χ4v) is 4.23. The van der Waals surface area contributed by atoms with Gasteiger partial charge in [-0.15, -0.1) is 15.0 Å². The van der Waals surface area contributed by atoms with Crippen LogP contribution in [0.5, 0.6) is 5.75 Å². The van der Waals surface area contributed by atoms with E-state index in [-0.39, 0.29) is 5.75 Å². The fourth-order valence-electron chi connectivity index (χ4n) is 4.23. The maximum Gasteiger partial charge on any atom is 0.150 e. The van der Waals surface area contributed by atoms with E-state index in [0.29, 0.717) is 17.5 Å². The molecule has 5 rings (SSSR count). The van der Waals surface area contributed by atoms with Crippen molar-refractivity contribution in [1.29, 1.82) is 0 Å². The molecular formula is C30H29N3O. The Labute approximate surface area is 200 Å². The van der Waals surface area contributed by atoms with Crippen LogP contribution in [0.25, 0.3) is 39.0 Å². The summed E-state index contributed by atoms with van der Waals surface area (Å²) in [5.74, 6) is 1.09. The maximum absolute atomic E-state index is 11.4. The standard InChI is InChI=1S/C30H29N3O/c1-19(2)21-9-13-23(14-10-21)25-17-26(24-15-11-22(12-16-24)20(3)4)30(34)29(18-25)33-31-27-7-5-6-8-28(27)32-33/h5-20,34H,1-4H3. The van der Waals surface area contributed by atoms with Crippen LogP contribution in [0.2, 0.25) is 0 Å². The SMILES string of the molecule is CC(C)c1ccc(-c2cc(-c3ccc(C(C)C)cc3)c(O)c(-n3nc4ccccc4n3)c2)cc1. The van der Waals surface area contributed by atoms with E-state index in [0.717, 1.165) is 33.3 Å². The summed E-state index contributed by atoms with van der Waals surface area (Å²) in [6, 6.07) is 28.8. The first-order valence-electron chi connectivity index (χ1n) is 11.8. The summed E-state index contributed by atoms with van der Waals surface area (Å²) in [5, 5.41) is 20.7. The quantitative estimate of drug-likeness (QED) is 0.300. The highest BCUT2D eigenvalue weighted by atomic mass is 16.3. The van der Waals surface area contributed by atoms with E-state index in [9.17, 15) is 5.11 Å². The van der Waals surface area contributed by atoms with Gasteiger partial charge >= 0.3 is 0 Å². The van der Waals surface area contributed by atoms with Gasteiger partial charge in [-0.2, -0.15) is 0 Å². The van der Waals surface area contributed by atoms with E-state index in [1.165, 1.54) is 15.9 Å². The molecule has 0 unspecified atom stereocenters. The molecule has 0 fully saturated rings. The van der Waals surface area contributed by atoms with E-state index < -0.39 is 0 Å². The number of rotatable bonds is 5. The number of fused-ring (bicyclic) bond motifs is 1. The highest BCUT2D eigenvalue weighted by molar-refractivity contribution is 5.82. The third kappa shape index (κ3) is 4.08. The van der Waals surface area contributed by atoms with Gasteiger partial charge in [0, 0.05) is 5.56 Å². The molecule has 4 heteroatoms. The molecule has 4 nitrogen and oxygen atoms in total. The maximum atomic E-state index is 11.4. The Bertz CT molecular complexity index is 1410. The molecule has 0 atom stereocenters. The molecule has 0 aliphatic rings. The van der Waals surface area contributed by atoms with E-state index in [1.54, 1.807) is 0 Å². The Morgan fingerprint density at radius 1 is 0.618 bits per heavy atom. The molecule has 1 N–H and O–H groups in total. The van der Waals surface area contributed by atoms with Crippen LogP contribution in [-0.2, 0) is 0 Å². The zero-order chi connectivity index (χ0) is 23.8. The number of benzene rings is 4. The average molecular weight is 448 g/mol. The van der Waals surface area contributed by atoms with Gasteiger partial charge in [0.25, 0.3) is 0 Å². The predicted molar refractivity (Wildman–Crippen MR) is 140 cm³/mol. The van der Waals surface area contributed by atoms with Gasteiger partial charge in [-0.05, 0) is 63.9 Å². The molecule has 0 amide bonds. The smallest absolute Gasteiger partial charge is 0.150 e. The van der Waals surface area contributed by atoms with Crippen molar-refractivity contribution in [3.63, 3.8) is 0 Å². The first-order chi connectivity index (χ1) is 16.4. The zero-order valence-corrected chi connectivity index (χ0v) is 20.0. The molecule has 0 saturated carbocycles. The lowest BCUT2D eigenvalue weighted by atomic mass is 9.94. The minimum absolute atomic E-state index is 0.167. The topological polar surface area (TPSA) is 50.9 Å². The molecule has 0 spiro atoms. The number of hydrogen-bond acceptors (Lipinski definition) is 3. The summed E-state index contributed by atoms with van der Waals surface area (Å²) in [5.41, 5.74) is 8.51. The second kappa shape index (κ2) is 8.79. The normalized spacial score (nSPS) is 11.6. The molecule has 0 bridgehead atoms. The molecule has 4 aromatic carbocycles. The van der Waals surface area contributed by atoms with E-state index >= 15 is 0 Å². The number of hydrogen-bond donors (Lipinski definition) is 1. The molecule has 170 valence electrons. The number of phenols is 1. The second-order valence-corrected chi connectivity index (χ2v) is 9.42. The molecule has 5 aromatic rings. The highest BCUT2D eigenvalue weighted by Gasteiger charge is 2.17. The Hall–Kier alpha value is -3.92. The summed E-state index contributed by atoms with van der Waals surface area (Å²) >= 11 is 0. The monoisotopic (exact) mass is 447 g/mol. The highest BCUT2D eigenvalue weighted by Crippen LogP contribution is 2.39. The van der Waals surface area contributed by atoms with Gasteiger partial charge in [-0.25, -0.2) is 0 Å². The molecule has 0 aliphatic heterocycles. The summed E-state index contributed by atoms with van der Waals surface area (Å²) < 4.78 is 0. The lowest BCUT2D eigenvalue weighted by Gasteiger charge is -2.15. The van der Waals surface area contributed by atoms with Crippen LogP contribution < -0.4 is 0 Å². The number of phenolic OH excluding ortho intramolecular Hbond substituents is 1. The van der Waals surface area contributed by atoms with Crippen LogP contribution in [-0.4, -0.2) is 20.1 Å². The summed E-state index contributed by atoms with van der Waals surface area (Å²) in [6.45, 7) is 8.75. The Morgan fingerprint density at radius 2 is 1.12 bits per heavy atom. The van der Waals surface area contributed by atoms with Crippen LogP contribution in [0, 0.1) is 0 Å². The summed E-state index contributed by atoms with van der Waals surface area (Å²) in [7, 11) is 0. The van der Waals surface area contributed by atoms with Gasteiger partial charge in [0.15, 0.2) is 5.75 Å². The van der Waals surface area contributed by atoms with Crippen molar-refractivity contribution in [3.8, 4) is 33.7 Å². The molecular weight excluding hydrogens is 418 g/mol. The first kappa shape index (κ1) is 21.9. The third-order valence-corrected chi connectivity index (χ3v) is 6.39. The van der Waals surface area contributed by atoms with Crippen LogP contribution >= 0.6 is 0 Å². The van der Waals surface area contributed by atoms with Crippen LogP contribution in [0.3, 0.4) is 0 Å². The van der Waals surface area contributed by atoms with Gasteiger partial charge < -0.3 is 5.11 Å². The minimum atomic E-state index is 0.167. The number of aromatic nitrogens is 3. The summed E-state index contributed by atoms with van der Waals surface area (Å²) in [6.07, 6.45) is 0. The Balaban J connectivity index is 1.70. The zero-order valence-electron chi connectivity index (χ0n) is 20.0. The van der Waals surface area contributed by atoms with E-state index in [4.69, 9.17) is 0 Å². The van der Waals surface area contributed by atoms with Gasteiger partial charge in [0.05, 0.1) is 0 Å². The molecule has 1 heterocycles. The largest absolute Gasteiger partial charge is 0.505 e. The molecule has 34 heavy (non-hydrogen) atoms. The van der Waals surface area contributed by atoms with Gasteiger partial charge in [0.1, 0.15) is 16.7 Å². The first-order valence-corrected chi connectivity index (χ1v) is 11.8. The van der Waals surface area contributed by atoms with Crippen LogP contribution in [0.4, 0.5) is 0 Å². The summed E-state index contributed by atoms with van der Waals surface area (Å²) in [4.78, 5) is 1.54. The van der Waals surface area contributed by atoms with Crippen molar-refractivity contribution in [1.82, 2.24) is 15.0 Å². The van der Waals surface area contributed by atoms with Crippen molar-refractivity contribution in [2.45, 2.75) is 39.5 Å². The molecule has 0 aliphatic carbocycles. The third-order valence-electron chi connectivity index (χ3n) is 6.39. The average Bonchev–Trinajstić information content (AvgIpc) is 3.28. The van der Waals surface area contributed by atoms with Crippen molar-refractivity contribution >= 4 is 11.0 Å². The van der Waals surface area contributed by atoms with E-state index in [1.807, 2.05) is 30.3 Å². The molecule has 0 radical (unpaired) electrons. The van der Waals surface area contributed by atoms with Crippen molar-refractivity contribution < 1.29 is 5.11 Å². The minimum Gasteiger partial charge on any atom is -0.505 e. The second-order valence-electron chi connectivity index (χ2n) is 9.42. The molecule has 0 saturated heterocycles. The molecule has 1 aromatic heterocycles. The number of nitrogens with zero attached hydrogens (tertiary/aromatic N) is 3. The van der Waals surface area contributed by atoms with Crippen molar-refractivity contribution in [3.05, 3.63) is 96.1 Å². The van der Waals surface area contributed by atoms with Gasteiger partial charge in [-0.3, -0.25) is 0 Å². The lowest BCUT2D eigenvalue weighted by molar-refractivity contribution is 0.470. The van der Waals surface area contributed by atoms with Gasteiger partial charge in [0.2, 0.25) is 0 Å². The number of aromatic hydroxyl groups is 1. The van der Waals surface area contributed by atoms with E-state index in [2.05, 4.69) is 92.5 Å². The van der Waals surface area contributed by atoms with Crippen molar-refractivity contribution in [2.75, 3.05) is 0 Å².